The number of hydrogen-bond donors (Lipinski definition) is 0. The number of aromatic nitrogens is 2. The lowest BCUT2D eigenvalue weighted by molar-refractivity contribution is 1.11. The summed E-state index contributed by atoms with van der Waals surface area (Å²) in [5.41, 5.74) is 3.77. The van der Waals surface area contributed by atoms with E-state index in [0.29, 0.717) is 5.82 Å². The van der Waals surface area contributed by atoms with Crippen LogP contribution in [0.3, 0.4) is 0 Å². The molecule has 0 amide bonds. The lowest BCUT2D eigenvalue weighted by Gasteiger charge is -1.95. The summed E-state index contributed by atoms with van der Waals surface area (Å²) in [5, 5.41) is 0. The molecule has 0 aliphatic carbocycles. The maximum absolute atomic E-state index is 4.63. The van der Waals surface area contributed by atoms with Crippen LogP contribution in [0.2, 0.25) is 0 Å². The molecular formula is C23H14N2. The number of imidazole rings is 1. The first-order valence-electron chi connectivity index (χ1n) is 8.02. The van der Waals surface area contributed by atoms with Crippen molar-refractivity contribution in [3.05, 3.63) is 102 Å². The summed E-state index contributed by atoms with van der Waals surface area (Å²) in [6, 6.07) is 30.9. The lowest BCUT2D eigenvalue weighted by Crippen LogP contribution is -1.93. The molecule has 116 valence electrons. The summed E-state index contributed by atoms with van der Waals surface area (Å²) in [7, 11) is 0. The minimum atomic E-state index is 0.647. The van der Waals surface area contributed by atoms with E-state index in [0.717, 1.165) is 22.2 Å². The van der Waals surface area contributed by atoms with Crippen LogP contribution in [-0.2, 0) is 0 Å². The molecule has 0 spiro atoms. The van der Waals surface area contributed by atoms with Gasteiger partial charge in [0.1, 0.15) is 0 Å². The van der Waals surface area contributed by atoms with Crippen molar-refractivity contribution in [2.24, 2.45) is 0 Å². The predicted molar refractivity (Wildman–Crippen MR) is 101 cm³/mol. The van der Waals surface area contributed by atoms with Crippen LogP contribution >= 0.6 is 0 Å². The van der Waals surface area contributed by atoms with Crippen molar-refractivity contribution < 1.29 is 0 Å². The third-order valence-corrected chi connectivity index (χ3v) is 3.74. The van der Waals surface area contributed by atoms with Gasteiger partial charge in [0.05, 0.1) is 11.0 Å². The second kappa shape index (κ2) is 6.79. The monoisotopic (exact) mass is 318 g/mol. The molecule has 0 fully saturated rings. The first-order chi connectivity index (χ1) is 12.4. The van der Waals surface area contributed by atoms with Gasteiger partial charge in [-0.25, -0.2) is 9.55 Å². The molecule has 0 radical (unpaired) electrons. The van der Waals surface area contributed by atoms with Gasteiger partial charge in [-0.15, -0.1) is 0 Å². The average molecular weight is 318 g/mol. The zero-order chi connectivity index (χ0) is 16.9. The van der Waals surface area contributed by atoms with Crippen LogP contribution in [0.4, 0.5) is 0 Å². The maximum atomic E-state index is 4.63. The van der Waals surface area contributed by atoms with Crippen LogP contribution < -0.4 is 0 Å². The van der Waals surface area contributed by atoms with Gasteiger partial charge in [0.15, 0.2) is 5.82 Å². The van der Waals surface area contributed by atoms with E-state index in [1.54, 1.807) is 0 Å². The van der Waals surface area contributed by atoms with Crippen LogP contribution in [-0.4, -0.2) is 9.55 Å². The van der Waals surface area contributed by atoms with Gasteiger partial charge in [0, 0.05) is 17.2 Å². The molecule has 0 N–H and O–H groups in total. The Labute approximate surface area is 146 Å². The first-order valence-corrected chi connectivity index (χ1v) is 8.02. The fourth-order valence-electron chi connectivity index (χ4n) is 2.51. The predicted octanol–water partition coefficient (Wildman–Crippen LogP) is 4.29. The second-order valence-corrected chi connectivity index (χ2v) is 5.48. The number of para-hydroxylation sites is 2. The Bertz CT molecular complexity index is 1130. The smallest absolute Gasteiger partial charge is 0.198 e. The number of rotatable bonds is 0. The standard InChI is InChI=1S/C23H14N2/c1-3-9-19(10-4-1)15-16-23-24-21-13-7-8-14-22(21)25(23)18-17-20-11-5-2-6-12-20/h1-14H. The quantitative estimate of drug-likeness (QED) is 0.442. The van der Waals surface area contributed by atoms with Gasteiger partial charge in [-0.1, -0.05) is 54.5 Å². The SMILES string of the molecule is C(#Cc1nc2ccccc2n1C#Cc1ccccc1)c1ccccc1. The fraction of sp³-hybridized carbons (Fsp3) is 0. The molecule has 2 heteroatoms. The molecule has 4 aromatic rings. The van der Waals surface area contributed by atoms with E-state index in [2.05, 4.69) is 28.8 Å². The minimum Gasteiger partial charge on any atom is -0.243 e. The number of benzene rings is 3. The molecule has 25 heavy (non-hydrogen) atoms. The van der Waals surface area contributed by atoms with Gasteiger partial charge in [0.25, 0.3) is 0 Å². The van der Waals surface area contributed by atoms with Crippen molar-refractivity contribution in [2.45, 2.75) is 0 Å². The van der Waals surface area contributed by atoms with Crippen LogP contribution in [0.15, 0.2) is 84.9 Å². The highest BCUT2D eigenvalue weighted by molar-refractivity contribution is 5.78. The average Bonchev–Trinajstić information content (AvgIpc) is 3.04. The fourth-order valence-corrected chi connectivity index (χ4v) is 2.51. The van der Waals surface area contributed by atoms with E-state index < -0.39 is 0 Å². The van der Waals surface area contributed by atoms with E-state index in [1.165, 1.54) is 0 Å². The molecule has 0 unspecified atom stereocenters. The van der Waals surface area contributed by atoms with Gasteiger partial charge >= 0.3 is 0 Å². The summed E-state index contributed by atoms with van der Waals surface area (Å²) < 4.78 is 1.86. The van der Waals surface area contributed by atoms with Crippen LogP contribution in [0, 0.1) is 23.8 Å². The van der Waals surface area contributed by atoms with Crippen molar-refractivity contribution in [3.63, 3.8) is 0 Å². The molecule has 4 rings (SSSR count). The highest BCUT2D eigenvalue weighted by Crippen LogP contribution is 2.14. The lowest BCUT2D eigenvalue weighted by atomic mass is 10.2. The Kier molecular flexibility index (Phi) is 4.02. The Morgan fingerprint density at radius 2 is 1.20 bits per heavy atom. The normalized spacial score (nSPS) is 9.76. The van der Waals surface area contributed by atoms with Crippen molar-refractivity contribution >= 4 is 11.0 Å². The summed E-state index contributed by atoms with van der Waals surface area (Å²) in [6.07, 6.45) is 0. The third kappa shape index (κ3) is 3.29. The zero-order valence-electron chi connectivity index (χ0n) is 13.5. The molecule has 2 nitrogen and oxygen atoms in total. The van der Waals surface area contributed by atoms with Crippen LogP contribution in [0.5, 0.6) is 0 Å². The highest BCUT2D eigenvalue weighted by atomic mass is 15.1. The number of nitrogens with zero attached hydrogens (tertiary/aromatic N) is 2. The Morgan fingerprint density at radius 1 is 0.600 bits per heavy atom. The van der Waals surface area contributed by atoms with E-state index in [-0.39, 0.29) is 0 Å². The summed E-state index contributed by atoms with van der Waals surface area (Å²) in [6.45, 7) is 0. The van der Waals surface area contributed by atoms with Gasteiger partial charge < -0.3 is 0 Å². The van der Waals surface area contributed by atoms with E-state index in [4.69, 9.17) is 0 Å². The van der Waals surface area contributed by atoms with Gasteiger partial charge in [-0.2, -0.15) is 0 Å². The van der Waals surface area contributed by atoms with Gasteiger partial charge in [-0.3, -0.25) is 0 Å². The molecule has 0 aliphatic rings. The molecule has 1 aromatic heterocycles. The van der Waals surface area contributed by atoms with Crippen molar-refractivity contribution in [2.75, 3.05) is 0 Å². The van der Waals surface area contributed by atoms with E-state index in [9.17, 15) is 0 Å². The second-order valence-electron chi connectivity index (χ2n) is 5.48. The van der Waals surface area contributed by atoms with Crippen molar-refractivity contribution in [1.29, 1.82) is 0 Å². The minimum absolute atomic E-state index is 0.647. The largest absolute Gasteiger partial charge is 0.243 e. The summed E-state index contributed by atoms with van der Waals surface area (Å²) in [5.74, 6) is 10.1. The molecule has 3 aromatic carbocycles. The van der Waals surface area contributed by atoms with Gasteiger partial charge in [-0.05, 0) is 48.2 Å². The first kappa shape index (κ1) is 14.8. The molecule has 0 aliphatic heterocycles. The molecule has 0 atom stereocenters. The van der Waals surface area contributed by atoms with Crippen molar-refractivity contribution in [3.8, 4) is 23.8 Å². The number of hydrogen-bond acceptors (Lipinski definition) is 1. The summed E-state index contributed by atoms with van der Waals surface area (Å²) >= 11 is 0. The van der Waals surface area contributed by atoms with E-state index >= 15 is 0 Å². The molecule has 0 saturated heterocycles. The zero-order valence-corrected chi connectivity index (χ0v) is 13.5. The maximum Gasteiger partial charge on any atom is 0.198 e. The summed E-state index contributed by atoms with van der Waals surface area (Å²) in [4.78, 5) is 4.63. The van der Waals surface area contributed by atoms with Crippen LogP contribution in [0.25, 0.3) is 11.0 Å². The van der Waals surface area contributed by atoms with E-state index in [1.807, 2.05) is 89.5 Å². The Hall–Kier alpha value is -3.75. The topological polar surface area (TPSA) is 17.8 Å². The third-order valence-electron chi connectivity index (χ3n) is 3.74. The molecular weight excluding hydrogens is 304 g/mol. The molecule has 0 saturated carbocycles. The highest BCUT2D eigenvalue weighted by Gasteiger charge is 2.06. The van der Waals surface area contributed by atoms with Gasteiger partial charge in [0.2, 0.25) is 0 Å². The Balaban J connectivity index is 1.82. The van der Waals surface area contributed by atoms with Crippen LogP contribution in [0.1, 0.15) is 17.0 Å². The van der Waals surface area contributed by atoms with Crippen molar-refractivity contribution in [1.82, 2.24) is 9.55 Å². The Morgan fingerprint density at radius 3 is 1.92 bits per heavy atom. The number of fused-ring (bicyclic) bond motifs is 1. The molecule has 0 bridgehead atoms. The molecule has 1 heterocycles.